The van der Waals surface area contributed by atoms with E-state index in [1.807, 2.05) is 12.1 Å². The maximum atomic E-state index is 5.87. The van der Waals surface area contributed by atoms with Gasteiger partial charge in [-0.1, -0.05) is 19.9 Å². The van der Waals surface area contributed by atoms with E-state index in [1.165, 1.54) is 3.57 Å². The van der Waals surface area contributed by atoms with Gasteiger partial charge in [-0.2, -0.15) is 0 Å². The van der Waals surface area contributed by atoms with Crippen LogP contribution in [0.2, 0.25) is 0 Å². The lowest BCUT2D eigenvalue weighted by Crippen LogP contribution is -2.25. The number of hydrogen-bond donors (Lipinski definition) is 1. The first kappa shape index (κ1) is 14.8. The summed E-state index contributed by atoms with van der Waals surface area (Å²) in [4.78, 5) is 0. The van der Waals surface area contributed by atoms with Crippen LogP contribution in [0.15, 0.2) is 24.3 Å². The molecule has 0 fully saturated rings. The molecule has 2 nitrogen and oxygen atoms in total. The van der Waals surface area contributed by atoms with Gasteiger partial charge in [0.2, 0.25) is 0 Å². The predicted octanol–water partition coefficient (Wildman–Crippen LogP) is 3.84. The quantitative estimate of drug-likeness (QED) is 0.598. The Balaban J connectivity index is 2.23. The molecule has 1 aromatic carbocycles. The number of rotatable bonds is 7. The second-order valence-electron chi connectivity index (χ2n) is 4.64. The fraction of sp³-hybridized carbons (Fsp3) is 0.571. The topological polar surface area (TPSA) is 21.3 Å². The minimum absolute atomic E-state index is 0.280. The van der Waals surface area contributed by atoms with Crippen molar-refractivity contribution in [3.05, 3.63) is 27.8 Å². The fourth-order valence-corrected chi connectivity index (χ4v) is 2.13. The van der Waals surface area contributed by atoms with E-state index in [1.54, 1.807) is 0 Å². The highest BCUT2D eigenvalue weighted by Crippen LogP contribution is 2.17. The van der Waals surface area contributed by atoms with Crippen molar-refractivity contribution in [2.24, 2.45) is 0 Å². The van der Waals surface area contributed by atoms with Gasteiger partial charge in [0.25, 0.3) is 0 Å². The lowest BCUT2D eigenvalue weighted by atomic mass is 10.2. The van der Waals surface area contributed by atoms with Gasteiger partial charge in [0.05, 0.1) is 6.10 Å². The van der Waals surface area contributed by atoms with Crippen LogP contribution in [0, 0.1) is 3.57 Å². The summed E-state index contributed by atoms with van der Waals surface area (Å²) in [6, 6.07) is 8.77. The van der Waals surface area contributed by atoms with Crippen LogP contribution in [0.3, 0.4) is 0 Å². The van der Waals surface area contributed by atoms with Gasteiger partial charge in [0, 0.05) is 9.61 Å². The number of nitrogens with one attached hydrogen (secondary N) is 1. The lowest BCUT2D eigenvalue weighted by Gasteiger charge is -2.15. The molecule has 17 heavy (non-hydrogen) atoms. The Morgan fingerprint density at radius 1 is 1.29 bits per heavy atom. The highest BCUT2D eigenvalue weighted by molar-refractivity contribution is 14.1. The van der Waals surface area contributed by atoms with Gasteiger partial charge >= 0.3 is 0 Å². The van der Waals surface area contributed by atoms with E-state index in [2.05, 4.69) is 60.8 Å². The molecule has 0 aliphatic carbocycles. The summed E-state index contributed by atoms with van der Waals surface area (Å²) >= 11 is 2.30. The second-order valence-corrected chi connectivity index (χ2v) is 5.88. The van der Waals surface area contributed by atoms with Crippen molar-refractivity contribution < 1.29 is 4.74 Å². The second kappa shape index (κ2) is 7.93. The molecule has 1 N–H and O–H groups in total. The monoisotopic (exact) mass is 347 g/mol. The SMILES string of the molecule is CC(C)NCCCC(C)Oc1cccc(I)c1. The fourth-order valence-electron chi connectivity index (χ4n) is 1.61. The van der Waals surface area contributed by atoms with E-state index in [9.17, 15) is 0 Å². The Hall–Kier alpha value is -0.290. The zero-order valence-electron chi connectivity index (χ0n) is 10.9. The Morgan fingerprint density at radius 2 is 2.06 bits per heavy atom. The third-order valence-electron chi connectivity index (χ3n) is 2.47. The van der Waals surface area contributed by atoms with Crippen LogP contribution in [0.4, 0.5) is 0 Å². The number of benzene rings is 1. The lowest BCUT2D eigenvalue weighted by molar-refractivity contribution is 0.207. The van der Waals surface area contributed by atoms with Crippen LogP contribution in [0.25, 0.3) is 0 Å². The summed E-state index contributed by atoms with van der Waals surface area (Å²) in [5.41, 5.74) is 0. The first-order valence-corrected chi connectivity index (χ1v) is 7.31. The van der Waals surface area contributed by atoms with Crippen LogP contribution >= 0.6 is 22.6 Å². The van der Waals surface area contributed by atoms with Crippen LogP contribution in [0.5, 0.6) is 5.75 Å². The molecule has 1 unspecified atom stereocenters. The molecule has 0 aliphatic rings. The van der Waals surface area contributed by atoms with Crippen LogP contribution in [-0.2, 0) is 0 Å². The summed E-state index contributed by atoms with van der Waals surface area (Å²) in [5, 5.41) is 3.42. The molecule has 0 aromatic heterocycles. The summed E-state index contributed by atoms with van der Waals surface area (Å²) in [5.74, 6) is 0.973. The van der Waals surface area contributed by atoms with Crippen molar-refractivity contribution in [2.45, 2.75) is 45.8 Å². The molecule has 0 saturated carbocycles. The van der Waals surface area contributed by atoms with E-state index in [4.69, 9.17) is 4.74 Å². The van der Waals surface area contributed by atoms with Crippen molar-refractivity contribution in [3.8, 4) is 5.75 Å². The molecule has 0 spiro atoms. The molecule has 0 saturated heterocycles. The standard InChI is InChI=1S/C14H22INO/c1-11(2)16-9-5-6-12(3)17-14-8-4-7-13(15)10-14/h4,7-8,10-12,16H,5-6,9H2,1-3H3. The molecular formula is C14H22INO. The molecule has 3 heteroatoms. The smallest absolute Gasteiger partial charge is 0.120 e. The molecule has 0 aliphatic heterocycles. The molecule has 96 valence electrons. The van der Waals surface area contributed by atoms with Gasteiger partial charge < -0.3 is 10.1 Å². The number of halogens is 1. The van der Waals surface area contributed by atoms with E-state index in [0.29, 0.717) is 6.04 Å². The highest BCUT2D eigenvalue weighted by atomic mass is 127. The maximum absolute atomic E-state index is 5.87. The molecule has 0 amide bonds. The normalized spacial score (nSPS) is 12.8. The Kier molecular flexibility index (Phi) is 6.89. The zero-order chi connectivity index (χ0) is 12.7. The summed E-state index contributed by atoms with van der Waals surface area (Å²) in [7, 11) is 0. The first-order chi connectivity index (χ1) is 8.08. The summed E-state index contributed by atoms with van der Waals surface area (Å²) in [6.07, 6.45) is 2.52. The Morgan fingerprint density at radius 3 is 2.71 bits per heavy atom. The summed E-state index contributed by atoms with van der Waals surface area (Å²) in [6.45, 7) is 7.55. The van der Waals surface area contributed by atoms with E-state index in [0.717, 1.165) is 25.1 Å². The average Bonchev–Trinajstić information content (AvgIpc) is 2.24. The number of ether oxygens (including phenoxy) is 1. The number of hydrogen-bond acceptors (Lipinski definition) is 2. The maximum Gasteiger partial charge on any atom is 0.120 e. The van der Waals surface area contributed by atoms with Gasteiger partial charge in [0.15, 0.2) is 0 Å². The van der Waals surface area contributed by atoms with Gasteiger partial charge in [-0.3, -0.25) is 0 Å². The van der Waals surface area contributed by atoms with Gasteiger partial charge in [-0.25, -0.2) is 0 Å². The molecule has 0 radical (unpaired) electrons. The van der Waals surface area contributed by atoms with Crippen molar-refractivity contribution in [3.63, 3.8) is 0 Å². The zero-order valence-corrected chi connectivity index (χ0v) is 13.0. The molecular weight excluding hydrogens is 325 g/mol. The molecule has 1 aromatic rings. The van der Waals surface area contributed by atoms with E-state index >= 15 is 0 Å². The van der Waals surface area contributed by atoms with Gasteiger partial charge in [-0.05, 0) is 67.1 Å². The first-order valence-electron chi connectivity index (χ1n) is 6.23. The molecule has 0 heterocycles. The largest absolute Gasteiger partial charge is 0.491 e. The molecule has 1 rings (SSSR count). The van der Waals surface area contributed by atoms with Gasteiger partial charge in [0.1, 0.15) is 5.75 Å². The minimum Gasteiger partial charge on any atom is -0.491 e. The Bertz CT molecular complexity index is 328. The van der Waals surface area contributed by atoms with Crippen LogP contribution in [0.1, 0.15) is 33.6 Å². The Labute approximate surface area is 118 Å². The van der Waals surface area contributed by atoms with Crippen molar-refractivity contribution in [1.82, 2.24) is 5.32 Å². The predicted molar refractivity (Wildman–Crippen MR) is 81.6 cm³/mol. The minimum atomic E-state index is 0.280. The van der Waals surface area contributed by atoms with Crippen LogP contribution in [-0.4, -0.2) is 18.7 Å². The third-order valence-corrected chi connectivity index (χ3v) is 3.14. The van der Waals surface area contributed by atoms with E-state index < -0.39 is 0 Å². The summed E-state index contributed by atoms with van der Waals surface area (Å²) < 4.78 is 7.09. The highest BCUT2D eigenvalue weighted by Gasteiger charge is 2.04. The molecule has 0 bridgehead atoms. The van der Waals surface area contributed by atoms with E-state index in [-0.39, 0.29) is 6.10 Å². The third kappa shape index (κ3) is 6.88. The molecule has 1 atom stereocenters. The average molecular weight is 347 g/mol. The van der Waals surface area contributed by atoms with Crippen molar-refractivity contribution in [2.75, 3.05) is 6.54 Å². The van der Waals surface area contributed by atoms with Gasteiger partial charge in [-0.15, -0.1) is 0 Å². The van der Waals surface area contributed by atoms with Crippen molar-refractivity contribution in [1.29, 1.82) is 0 Å². The van der Waals surface area contributed by atoms with Crippen molar-refractivity contribution >= 4 is 22.6 Å². The van der Waals surface area contributed by atoms with Crippen LogP contribution < -0.4 is 10.1 Å².